The van der Waals surface area contributed by atoms with E-state index in [1.165, 1.54) is 83.8 Å². The quantitative estimate of drug-likeness (QED) is 0.717. The predicted octanol–water partition coefficient (Wildman–Crippen LogP) is 4.20. The first-order chi connectivity index (χ1) is 9.85. The summed E-state index contributed by atoms with van der Waals surface area (Å²) in [6.45, 7) is 8.50. The minimum absolute atomic E-state index is 0.752. The fraction of sp³-hybridized carbons (Fsp3) is 1.00. The molecule has 0 aromatic carbocycles. The summed E-state index contributed by atoms with van der Waals surface area (Å²) in [6, 6.07) is 1.70. The molecule has 1 unspecified atom stereocenters. The molecule has 1 N–H and O–H groups in total. The van der Waals surface area contributed by atoms with Crippen LogP contribution in [0.15, 0.2) is 0 Å². The topological polar surface area (TPSA) is 15.3 Å². The molecule has 0 aromatic rings. The Bertz CT molecular complexity index is 252. The summed E-state index contributed by atoms with van der Waals surface area (Å²) in [6.07, 6.45) is 14.2. The molecule has 2 nitrogen and oxygen atoms in total. The Kier molecular flexibility index (Phi) is 7.37. The van der Waals surface area contributed by atoms with Crippen LogP contribution in [-0.4, -0.2) is 36.6 Å². The van der Waals surface area contributed by atoms with Gasteiger partial charge in [-0.2, -0.15) is 0 Å². The number of hydrogen-bond acceptors (Lipinski definition) is 2. The smallest absolute Gasteiger partial charge is 0.0123 e. The molecule has 1 saturated carbocycles. The number of nitrogens with zero attached hydrogens (tertiary/aromatic N) is 1. The maximum Gasteiger partial charge on any atom is 0.0123 e. The fourth-order valence-corrected chi connectivity index (χ4v) is 4.35. The first-order valence-electron chi connectivity index (χ1n) is 9.32. The van der Waals surface area contributed by atoms with Gasteiger partial charge in [0.1, 0.15) is 0 Å². The zero-order valence-corrected chi connectivity index (χ0v) is 13.9. The molecule has 0 amide bonds. The van der Waals surface area contributed by atoms with E-state index in [0.29, 0.717) is 0 Å². The molecular formula is C18H36N2. The lowest BCUT2D eigenvalue weighted by molar-refractivity contribution is 0.0590. The average molecular weight is 280 g/mol. The van der Waals surface area contributed by atoms with Gasteiger partial charge in [0.05, 0.1) is 0 Å². The van der Waals surface area contributed by atoms with Crippen molar-refractivity contribution in [2.75, 3.05) is 19.6 Å². The Labute approximate surface area is 126 Å². The minimum Gasteiger partial charge on any atom is -0.314 e. The minimum atomic E-state index is 0.752. The second-order valence-electron chi connectivity index (χ2n) is 6.99. The highest BCUT2D eigenvalue weighted by Gasteiger charge is 2.32. The molecule has 0 radical (unpaired) electrons. The van der Waals surface area contributed by atoms with E-state index < -0.39 is 0 Å². The lowest BCUT2D eigenvalue weighted by atomic mass is 9.78. The second-order valence-corrected chi connectivity index (χ2v) is 6.99. The molecule has 1 aliphatic carbocycles. The molecule has 3 atom stereocenters. The zero-order valence-electron chi connectivity index (χ0n) is 13.9. The Morgan fingerprint density at radius 2 is 1.90 bits per heavy atom. The van der Waals surface area contributed by atoms with Crippen molar-refractivity contribution < 1.29 is 0 Å². The molecule has 1 aliphatic heterocycles. The summed E-state index contributed by atoms with van der Waals surface area (Å²) in [7, 11) is 0. The average Bonchev–Trinajstić information content (AvgIpc) is 2.51. The van der Waals surface area contributed by atoms with Crippen LogP contribution in [0.4, 0.5) is 0 Å². The molecule has 1 saturated heterocycles. The van der Waals surface area contributed by atoms with Gasteiger partial charge < -0.3 is 10.2 Å². The van der Waals surface area contributed by atoms with Crippen LogP contribution in [0.2, 0.25) is 0 Å². The highest BCUT2D eigenvalue weighted by atomic mass is 15.2. The van der Waals surface area contributed by atoms with E-state index in [1.807, 2.05) is 0 Å². The van der Waals surface area contributed by atoms with Gasteiger partial charge in [-0.15, -0.1) is 0 Å². The Morgan fingerprint density at radius 3 is 2.70 bits per heavy atom. The van der Waals surface area contributed by atoms with Crippen LogP contribution in [0.5, 0.6) is 0 Å². The molecule has 2 heteroatoms. The summed E-state index contributed by atoms with van der Waals surface area (Å²) in [5.41, 5.74) is 0. The van der Waals surface area contributed by atoms with Gasteiger partial charge in [0, 0.05) is 12.1 Å². The van der Waals surface area contributed by atoms with Crippen LogP contribution in [0.25, 0.3) is 0 Å². The van der Waals surface area contributed by atoms with Crippen LogP contribution >= 0.6 is 0 Å². The molecule has 20 heavy (non-hydrogen) atoms. The predicted molar refractivity (Wildman–Crippen MR) is 88.2 cm³/mol. The monoisotopic (exact) mass is 280 g/mol. The highest BCUT2D eigenvalue weighted by Crippen LogP contribution is 2.35. The summed E-state index contributed by atoms with van der Waals surface area (Å²) >= 11 is 0. The number of hydrogen-bond donors (Lipinski definition) is 1. The number of nitrogens with one attached hydrogen (secondary N) is 1. The van der Waals surface area contributed by atoms with Crippen molar-refractivity contribution in [2.24, 2.45) is 5.92 Å². The van der Waals surface area contributed by atoms with Crippen molar-refractivity contribution in [1.29, 1.82) is 0 Å². The third-order valence-corrected chi connectivity index (χ3v) is 5.53. The van der Waals surface area contributed by atoms with Crippen LogP contribution in [0, 0.1) is 5.92 Å². The number of rotatable bonds is 8. The molecule has 118 valence electrons. The SMILES string of the molecule is CCCNC(CC)CCCN1CCC[C@H]2CCCC[C@H]21. The van der Waals surface area contributed by atoms with Gasteiger partial charge >= 0.3 is 0 Å². The normalized spacial score (nSPS) is 29.1. The van der Waals surface area contributed by atoms with Gasteiger partial charge in [0.25, 0.3) is 0 Å². The van der Waals surface area contributed by atoms with Crippen LogP contribution in [0.1, 0.15) is 78.1 Å². The number of likely N-dealkylation sites (tertiary alicyclic amines) is 1. The largest absolute Gasteiger partial charge is 0.314 e. The Hall–Kier alpha value is -0.0800. The molecule has 1 heterocycles. The third-order valence-electron chi connectivity index (χ3n) is 5.53. The molecule has 2 rings (SSSR count). The molecule has 0 aromatic heterocycles. The third kappa shape index (κ3) is 4.73. The van der Waals surface area contributed by atoms with Crippen LogP contribution < -0.4 is 5.32 Å². The van der Waals surface area contributed by atoms with E-state index in [9.17, 15) is 0 Å². The lowest BCUT2D eigenvalue weighted by Gasteiger charge is -2.44. The maximum absolute atomic E-state index is 3.69. The van der Waals surface area contributed by atoms with Gasteiger partial charge in [-0.1, -0.05) is 26.7 Å². The Morgan fingerprint density at radius 1 is 1.10 bits per heavy atom. The van der Waals surface area contributed by atoms with Gasteiger partial charge in [-0.25, -0.2) is 0 Å². The van der Waals surface area contributed by atoms with E-state index in [0.717, 1.165) is 18.0 Å². The van der Waals surface area contributed by atoms with Crippen molar-refractivity contribution in [3.8, 4) is 0 Å². The molecule has 2 fully saturated rings. The summed E-state index contributed by atoms with van der Waals surface area (Å²) in [4.78, 5) is 2.85. The summed E-state index contributed by atoms with van der Waals surface area (Å²) < 4.78 is 0. The maximum atomic E-state index is 3.69. The van der Waals surface area contributed by atoms with Crippen LogP contribution in [0.3, 0.4) is 0 Å². The molecule has 0 spiro atoms. The standard InChI is InChI=1S/C18H36N2/c1-3-13-19-17(4-2)11-8-15-20-14-7-10-16-9-5-6-12-18(16)20/h16-19H,3-15H2,1-2H3/t16-,17?,18-/m1/s1. The van der Waals surface area contributed by atoms with Gasteiger partial charge in [-0.05, 0) is 76.9 Å². The highest BCUT2D eigenvalue weighted by molar-refractivity contribution is 4.87. The van der Waals surface area contributed by atoms with Gasteiger partial charge in [0.15, 0.2) is 0 Å². The number of piperidine rings is 1. The first-order valence-corrected chi connectivity index (χ1v) is 9.32. The zero-order chi connectivity index (χ0) is 14.2. The van der Waals surface area contributed by atoms with Crippen molar-refractivity contribution in [2.45, 2.75) is 90.1 Å². The van der Waals surface area contributed by atoms with Gasteiger partial charge in [0.2, 0.25) is 0 Å². The fourth-order valence-electron chi connectivity index (χ4n) is 4.35. The summed E-state index contributed by atoms with van der Waals surface area (Å²) in [5, 5.41) is 3.69. The van der Waals surface area contributed by atoms with E-state index >= 15 is 0 Å². The second kappa shape index (κ2) is 9.04. The van der Waals surface area contributed by atoms with Gasteiger partial charge in [-0.3, -0.25) is 0 Å². The van der Waals surface area contributed by atoms with Crippen molar-refractivity contribution in [3.05, 3.63) is 0 Å². The first kappa shape index (κ1) is 16.3. The molecular weight excluding hydrogens is 244 g/mol. The van der Waals surface area contributed by atoms with Crippen LogP contribution in [-0.2, 0) is 0 Å². The number of fused-ring (bicyclic) bond motifs is 1. The lowest BCUT2D eigenvalue weighted by Crippen LogP contribution is -2.47. The van der Waals surface area contributed by atoms with Crippen molar-refractivity contribution in [1.82, 2.24) is 10.2 Å². The van der Waals surface area contributed by atoms with E-state index in [-0.39, 0.29) is 0 Å². The Balaban J connectivity index is 1.69. The van der Waals surface area contributed by atoms with E-state index in [4.69, 9.17) is 0 Å². The van der Waals surface area contributed by atoms with Crippen molar-refractivity contribution in [3.63, 3.8) is 0 Å². The molecule has 2 aliphatic rings. The van der Waals surface area contributed by atoms with Crippen molar-refractivity contribution >= 4 is 0 Å². The van der Waals surface area contributed by atoms with E-state index in [2.05, 4.69) is 24.1 Å². The summed E-state index contributed by atoms with van der Waals surface area (Å²) in [5.74, 6) is 1.04. The molecule has 0 bridgehead atoms. The van der Waals surface area contributed by atoms with E-state index in [1.54, 1.807) is 0 Å².